The third-order valence-corrected chi connectivity index (χ3v) is 0. The van der Waals surface area contributed by atoms with Crippen LogP contribution in [-0.2, 0) is 14.4 Å². The van der Waals surface area contributed by atoms with Crippen molar-refractivity contribution in [1.29, 1.82) is 0 Å². The van der Waals surface area contributed by atoms with E-state index < -0.39 is 0 Å². The van der Waals surface area contributed by atoms with E-state index in [-0.39, 0.29) is 60.0 Å². The van der Waals surface area contributed by atoms with Crippen LogP contribution < -0.4 is 0 Å². The molecule has 0 rings (SSSR count). The average Bonchev–Trinajstić information content (AvgIpc) is 1.70. The van der Waals surface area contributed by atoms with Crippen LogP contribution in [0.5, 0.6) is 0 Å². The predicted molar refractivity (Wildman–Crippen MR) is 34.1 cm³/mol. The summed E-state index contributed by atoms with van der Waals surface area (Å²) in [6, 6.07) is 0. The standard InChI is InChI=1S/3CH2O2.Ca.2H/c3*2-1-3;;;/h3*1H,(H,2,3);;;/q;;;+2;2*-1. The summed E-state index contributed by atoms with van der Waals surface area (Å²) in [6.07, 6.45) is 0. The maximum atomic E-state index is 8.36. The summed E-state index contributed by atoms with van der Waals surface area (Å²) in [4.78, 5) is 25.1. The monoisotopic (exact) mass is 180 g/mol. The van der Waals surface area contributed by atoms with Crippen molar-refractivity contribution in [2.75, 3.05) is 0 Å². The molecule has 10 heavy (non-hydrogen) atoms. The largest absolute Gasteiger partial charge is 2.00 e. The number of hydrogen-bond donors (Lipinski definition) is 3. The molecule has 0 radical (unpaired) electrons. The van der Waals surface area contributed by atoms with Crippen molar-refractivity contribution in [2.45, 2.75) is 0 Å². The second-order valence-corrected chi connectivity index (χ2v) is 0.316. The quantitative estimate of drug-likeness (QED) is 0.324. The third-order valence-electron chi connectivity index (χ3n) is 0. The molecule has 7 heteroatoms. The molecule has 0 aliphatic heterocycles. The topological polar surface area (TPSA) is 112 Å². The van der Waals surface area contributed by atoms with Crippen LogP contribution in [0.1, 0.15) is 2.85 Å². The zero-order valence-electron chi connectivity index (χ0n) is 7.01. The van der Waals surface area contributed by atoms with Gasteiger partial charge < -0.3 is 18.2 Å². The molecule has 3 N–H and O–H groups in total. The molecule has 0 heterocycles. The summed E-state index contributed by atoms with van der Waals surface area (Å²) in [7, 11) is 0. The van der Waals surface area contributed by atoms with E-state index in [1.165, 1.54) is 0 Å². The van der Waals surface area contributed by atoms with Gasteiger partial charge in [0.15, 0.2) is 0 Å². The fraction of sp³-hybridized carbons (Fsp3) is 0. The zero-order chi connectivity index (χ0) is 8.12. The summed E-state index contributed by atoms with van der Waals surface area (Å²) in [6.45, 7) is -0.750. The Morgan fingerprint density at radius 2 is 0.800 bits per heavy atom. The molecular weight excluding hydrogens is 172 g/mol. The van der Waals surface area contributed by atoms with Gasteiger partial charge in [-0.05, 0) is 0 Å². The first-order valence-electron chi connectivity index (χ1n) is 1.48. The van der Waals surface area contributed by atoms with Gasteiger partial charge in [-0.2, -0.15) is 0 Å². The minimum Gasteiger partial charge on any atom is -1.00 e. The first-order valence-corrected chi connectivity index (χ1v) is 1.48. The molecular formula is C3H8CaO6. The summed E-state index contributed by atoms with van der Waals surface area (Å²) >= 11 is 0. The molecule has 0 saturated carbocycles. The van der Waals surface area contributed by atoms with E-state index >= 15 is 0 Å². The molecule has 0 spiro atoms. The van der Waals surface area contributed by atoms with Gasteiger partial charge in [-0.15, -0.1) is 0 Å². The van der Waals surface area contributed by atoms with E-state index in [1.807, 2.05) is 0 Å². The van der Waals surface area contributed by atoms with Crippen molar-refractivity contribution in [3.63, 3.8) is 0 Å². The van der Waals surface area contributed by atoms with Crippen molar-refractivity contribution < 1.29 is 32.6 Å². The molecule has 0 aliphatic carbocycles. The van der Waals surface area contributed by atoms with Gasteiger partial charge in [0.1, 0.15) is 0 Å². The number of rotatable bonds is 0. The minimum atomic E-state index is -0.250. The average molecular weight is 180 g/mol. The van der Waals surface area contributed by atoms with Crippen LogP contribution in [0.2, 0.25) is 0 Å². The van der Waals surface area contributed by atoms with Crippen molar-refractivity contribution in [3.8, 4) is 0 Å². The SMILES string of the molecule is O=CO.O=CO.O=CO.[Ca+2].[H-].[H-]. The van der Waals surface area contributed by atoms with E-state index in [4.69, 9.17) is 29.7 Å². The van der Waals surface area contributed by atoms with Crippen molar-refractivity contribution in [2.24, 2.45) is 0 Å². The number of carboxylic acid groups (broad SMARTS) is 3. The van der Waals surface area contributed by atoms with Crippen LogP contribution in [-0.4, -0.2) is 72.5 Å². The van der Waals surface area contributed by atoms with Crippen LogP contribution in [0.15, 0.2) is 0 Å². The van der Waals surface area contributed by atoms with Crippen LogP contribution in [0.3, 0.4) is 0 Å². The molecule has 0 aromatic heterocycles. The van der Waals surface area contributed by atoms with E-state index in [2.05, 4.69) is 0 Å². The van der Waals surface area contributed by atoms with Crippen molar-refractivity contribution >= 4 is 57.2 Å². The molecule has 0 aliphatic rings. The van der Waals surface area contributed by atoms with Gasteiger partial charge in [0.25, 0.3) is 19.4 Å². The van der Waals surface area contributed by atoms with E-state index in [0.717, 1.165) is 0 Å². The first-order chi connectivity index (χ1) is 4.24. The van der Waals surface area contributed by atoms with Crippen LogP contribution in [0, 0.1) is 0 Å². The summed E-state index contributed by atoms with van der Waals surface area (Å²) in [5.41, 5.74) is 0. The molecule has 0 saturated heterocycles. The summed E-state index contributed by atoms with van der Waals surface area (Å²) < 4.78 is 0. The zero-order valence-corrected chi connectivity index (χ0v) is 7.21. The molecule has 0 amide bonds. The maximum Gasteiger partial charge on any atom is 2.00 e. The van der Waals surface area contributed by atoms with Gasteiger partial charge in [-0.25, -0.2) is 0 Å². The predicted octanol–water partition coefficient (Wildman–Crippen LogP) is -1.05. The molecule has 0 aromatic rings. The number of carbonyl (C=O) groups is 3. The Kier molecular flexibility index (Phi) is 162. The van der Waals surface area contributed by atoms with Gasteiger partial charge in [0.05, 0.1) is 0 Å². The van der Waals surface area contributed by atoms with Gasteiger partial charge in [-0.1, -0.05) is 0 Å². The van der Waals surface area contributed by atoms with Gasteiger partial charge in [-0.3, -0.25) is 14.4 Å². The molecule has 58 valence electrons. The Hall–Kier alpha value is -0.330. The Labute approximate surface area is 89.4 Å². The molecule has 0 aromatic carbocycles. The molecule has 0 unspecified atom stereocenters. The van der Waals surface area contributed by atoms with Gasteiger partial charge in [0, 0.05) is 0 Å². The normalized spacial score (nSPS) is 3.60. The van der Waals surface area contributed by atoms with E-state index in [0.29, 0.717) is 0 Å². The number of hydrogen-bond acceptors (Lipinski definition) is 3. The second kappa shape index (κ2) is 71.6. The van der Waals surface area contributed by atoms with Gasteiger partial charge in [0.2, 0.25) is 0 Å². The van der Waals surface area contributed by atoms with Gasteiger partial charge >= 0.3 is 37.7 Å². The smallest absolute Gasteiger partial charge is 1.00 e. The fourth-order valence-electron chi connectivity index (χ4n) is 0. The Morgan fingerprint density at radius 1 is 0.800 bits per heavy atom. The van der Waals surface area contributed by atoms with E-state index in [9.17, 15) is 0 Å². The Balaban J connectivity index is -0.00000001000. The first kappa shape index (κ1) is 22.6. The Morgan fingerprint density at radius 3 is 0.800 bits per heavy atom. The third kappa shape index (κ3) is 3130. The van der Waals surface area contributed by atoms with Crippen LogP contribution >= 0.6 is 0 Å². The Bertz CT molecular complexity index is 57.5. The fourth-order valence-corrected chi connectivity index (χ4v) is 0. The van der Waals surface area contributed by atoms with Crippen molar-refractivity contribution in [3.05, 3.63) is 0 Å². The maximum absolute atomic E-state index is 8.36. The summed E-state index contributed by atoms with van der Waals surface area (Å²) in [5, 5.41) is 20.7. The minimum absolute atomic E-state index is 0. The van der Waals surface area contributed by atoms with E-state index in [1.54, 1.807) is 0 Å². The summed E-state index contributed by atoms with van der Waals surface area (Å²) in [5.74, 6) is 0. The molecule has 6 nitrogen and oxygen atoms in total. The molecule has 0 atom stereocenters. The van der Waals surface area contributed by atoms with Crippen LogP contribution in [0.25, 0.3) is 0 Å². The molecule has 0 bridgehead atoms. The molecule has 0 fully saturated rings. The van der Waals surface area contributed by atoms with Crippen LogP contribution in [0.4, 0.5) is 0 Å². The van der Waals surface area contributed by atoms with Crippen molar-refractivity contribution in [1.82, 2.24) is 0 Å². The second-order valence-electron chi connectivity index (χ2n) is 0.316.